The van der Waals surface area contributed by atoms with Crippen molar-refractivity contribution in [3.63, 3.8) is 0 Å². The highest BCUT2D eigenvalue weighted by Gasteiger charge is 2.67. The van der Waals surface area contributed by atoms with Crippen LogP contribution in [0.25, 0.3) is 0 Å². The normalized spacial score (nSPS) is 38.6. The zero-order chi connectivity index (χ0) is 13.6. The summed E-state index contributed by atoms with van der Waals surface area (Å²) in [5.41, 5.74) is 0. The van der Waals surface area contributed by atoms with E-state index in [4.69, 9.17) is 18.9 Å². The smallest absolute Gasteiger partial charge is 0.310 e. The quantitative estimate of drug-likeness (QED) is 0.674. The molecule has 2 aliphatic carbocycles. The molecule has 1 aliphatic heterocycles. The molecule has 6 nitrogen and oxygen atoms in total. The molecule has 0 amide bonds. The van der Waals surface area contributed by atoms with Gasteiger partial charge in [0.15, 0.2) is 5.79 Å². The summed E-state index contributed by atoms with van der Waals surface area (Å²) >= 11 is 0. The van der Waals surface area contributed by atoms with Crippen LogP contribution in [0.15, 0.2) is 0 Å². The number of fused-ring (bicyclic) bond motifs is 3. The second-order valence-corrected chi connectivity index (χ2v) is 5.41. The third kappa shape index (κ3) is 1.70. The predicted molar refractivity (Wildman–Crippen MR) is 61.9 cm³/mol. The molecule has 6 heteroatoms. The maximum Gasteiger partial charge on any atom is 0.310 e. The summed E-state index contributed by atoms with van der Waals surface area (Å²) in [5, 5.41) is 0. The predicted octanol–water partition coefficient (Wildman–Crippen LogP) is 0.348. The lowest BCUT2D eigenvalue weighted by molar-refractivity contribution is -0.216. The van der Waals surface area contributed by atoms with Crippen LogP contribution in [0.5, 0.6) is 0 Å². The van der Waals surface area contributed by atoms with Gasteiger partial charge in [0.25, 0.3) is 0 Å². The Kier molecular flexibility index (Phi) is 3.02. The van der Waals surface area contributed by atoms with Crippen molar-refractivity contribution < 1.29 is 28.5 Å². The number of hydrogen-bond acceptors (Lipinski definition) is 6. The fourth-order valence-corrected chi connectivity index (χ4v) is 4.07. The van der Waals surface area contributed by atoms with Crippen LogP contribution in [0.2, 0.25) is 0 Å². The van der Waals surface area contributed by atoms with Gasteiger partial charge in [-0.1, -0.05) is 0 Å². The molecule has 3 fully saturated rings. The first-order valence-electron chi connectivity index (χ1n) is 6.56. The number of esters is 2. The van der Waals surface area contributed by atoms with E-state index in [1.807, 2.05) is 0 Å². The SMILES string of the molecule is COC(=O)[C@@H]1[C@@H](C(=O)OC)[C@@H]2C[C@H]1C1(C2)OCCO1. The van der Waals surface area contributed by atoms with Crippen LogP contribution >= 0.6 is 0 Å². The largest absolute Gasteiger partial charge is 0.469 e. The first-order chi connectivity index (χ1) is 9.13. The first-order valence-corrected chi connectivity index (χ1v) is 6.56. The average molecular weight is 270 g/mol. The summed E-state index contributed by atoms with van der Waals surface area (Å²) < 4.78 is 21.2. The van der Waals surface area contributed by atoms with E-state index in [2.05, 4.69) is 0 Å². The van der Waals surface area contributed by atoms with Crippen molar-refractivity contribution in [2.24, 2.45) is 23.7 Å². The third-order valence-electron chi connectivity index (χ3n) is 4.72. The molecule has 1 heterocycles. The fourth-order valence-electron chi connectivity index (χ4n) is 4.07. The minimum atomic E-state index is -0.686. The molecule has 0 aromatic rings. The van der Waals surface area contributed by atoms with Gasteiger partial charge in [-0.2, -0.15) is 0 Å². The molecule has 19 heavy (non-hydrogen) atoms. The maximum atomic E-state index is 12.0. The molecule has 0 radical (unpaired) electrons. The van der Waals surface area contributed by atoms with Gasteiger partial charge in [0.05, 0.1) is 39.3 Å². The molecule has 2 saturated carbocycles. The van der Waals surface area contributed by atoms with Gasteiger partial charge >= 0.3 is 11.9 Å². The van der Waals surface area contributed by atoms with Crippen LogP contribution in [0, 0.1) is 23.7 Å². The summed E-state index contributed by atoms with van der Waals surface area (Å²) in [6, 6.07) is 0. The zero-order valence-corrected chi connectivity index (χ0v) is 11.1. The van der Waals surface area contributed by atoms with E-state index >= 15 is 0 Å². The minimum absolute atomic E-state index is 0.0691. The molecule has 0 aromatic heterocycles. The summed E-state index contributed by atoms with van der Waals surface area (Å²) in [5.74, 6) is -2.39. The molecule has 0 N–H and O–H groups in total. The Morgan fingerprint density at radius 3 is 2.21 bits per heavy atom. The van der Waals surface area contributed by atoms with Gasteiger partial charge in [-0.05, 0) is 12.3 Å². The van der Waals surface area contributed by atoms with Crippen LogP contribution < -0.4 is 0 Å². The van der Waals surface area contributed by atoms with E-state index in [0.717, 1.165) is 6.42 Å². The van der Waals surface area contributed by atoms with Gasteiger partial charge in [0, 0.05) is 12.3 Å². The van der Waals surface area contributed by atoms with E-state index in [0.29, 0.717) is 19.6 Å². The Morgan fingerprint density at radius 2 is 1.63 bits per heavy atom. The monoisotopic (exact) mass is 270 g/mol. The lowest BCUT2D eigenvalue weighted by Crippen LogP contribution is -2.48. The molecule has 106 valence electrons. The van der Waals surface area contributed by atoms with E-state index in [9.17, 15) is 9.59 Å². The number of ether oxygens (including phenoxy) is 4. The molecule has 1 saturated heterocycles. The second kappa shape index (κ2) is 4.45. The number of carbonyl (C=O) groups excluding carboxylic acids is 2. The maximum absolute atomic E-state index is 12.0. The van der Waals surface area contributed by atoms with Crippen molar-refractivity contribution in [1.29, 1.82) is 0 Å². The summed E-state index contributed by atoms with van der Waals surface area (Å²) in [7, 11) is 2.69. The highest BCUT2D eigenvalue weighted by Crippen LogP contribution is 2.60. The molecule has 3 aliphatic rings. The third-order valence-corrected chi connectivity index (χ3v) is 4.72. The number of rotatable bonds is 2. The van der Waals surface area contributed by atoms with Gasteiger partial charge in [-0.3, -0.25) is 9.59 Å². The first kappa shape index (κ1) is 12.9. The van der Waals surface area contributed by atoms with Crippen molar-refractivity contribution in [3.05, 3.63) is 0 Å². The standard InChI is InChI=1S/C13H18O6/c1-16-11(14)9-7-5-8(10(9)12(15)17-2)13(6-7)18-3-4-19-13/h7-10H,3-6H2,1-2H3/t7-,8-,9+,10+/m1/s1. The summed E-state index contributed by atoms with van der Waals surface area (Å²) in [6.07, 6.45) is 1.41. The number of carbonyl (C=O) groups is 2. The average Bonchev–Trinajstić information content (AvgIpc) is 3.11. The Bertz CT molecular complexity index is 400. The number of methoxy groups -OCH3 is 2. The van der Waals surface area contributed by atoms with Crippen molar-refractivity contribution in [1.82, 2.24) is 0 Å². The lowest BCUT2D eigenvalue weighted by atomic mass is 9.76. The van der Waals surface area contributed by atoms with Gasteiger partial charge in [0.2, 0.25) is 0 Å². The van der Waals surface area contributed by atoms with Gasteiger partial charge < -0.3 is 18.9 Å². The Morgan fingerprint density at radius 1 is 1.05 bits per heavy atom. The van der Waals surface area contributed by atoms with Crippen LogP contribution in [0.4, 0.5) is 0 Å². The Balaban J connectivity index is 1.91. The van der Waals surface area contributed by atoms with Crippen LogP contribution in [0.3, 0.4) is 0 Å². The molecular formula is C13H18O6. The van der Waals surface area contributed by atoms with E-state index < -0.39 is 17.6 Å². The number of hydrogen-bond donors (Lipinski definition) is 0. The Labute approximate surface area is 111 Å². The Hall–Kier alpha value is -1.14. The van der Waals surface area contributed by atoms with Crippen LogP contribution in [-0.4, -0.2) is 45.2 Å². The van der Waals surface area contributed by atoms with Gasteiger partial charge in [0.1, 0.15) is 0 Å². The summed E-state index contributed by atoms with van der Waals surface area (Å²) in [6.45, 7) is 1.08. The highest BCUT2D eigenvalue weighted by molar-refractivity contribution is 5.84. The minimum Gasteiger partial charge on any atom is -0.469 e. The van der Waals surface area contributed by atoms with Crippen LogP contribution in [0.1, 0.15) is 12.8 Å². The second-order valence-electron chi connectivity index (χ2n) is 5.41. The molecule has 3 rings (SSSR count). The van der Waals surface area contributed by atoms with Gasteiger partial charge in [-0.15, -0.1) is 0 Å². The molecule has 0 unspecified atom stereocenters. The zero-order valence-electron chi connectivity index (χ0n) is 11.1. The molecule has 0 aromatic carbocycles. The molecular weight excluding hydrogens is 252 g/mol. The van der Waals surface area contributed by atoms with Crippen molar-refractivity contribution in [3.8, 4) is 0 Å². The van der Waals surface area contributed by atoms with E-state index in [1.54, 1.807) is 0 Å². The van der Waals surface area contributed by atoms with Crippen LogP contribution in [-0.2, 0) is 28.5 Å². The van der Waals surface area contributed by atoms with E-state index in [1.165, 1.54) is 14.2 Å². The molecule has 2 bridgehead atoms. The van der Waals surface area contributed by atoms with Crippen molar-refractivity contribution in [2.45, 2.75) is 18.6 Å². The molecule has 1 spiro atoms. The van der Waals surface area contributed by atoms with Crippen molar-refractivity contribution in [2.75, 3.05) is 27.4 Å². The van der Waals surface area contributed by atoms with Gasteiger partial charge in [-0.25, -0.2) is 0 Å². The summed E-state index contributed by atoms with van der Waals surface area (Å²) in [4.78, 5) is 24.0. The van der Waals surface area contributed by atoms with E-state index in [-0.39, 0.29) is 23.8 Å². The topological polar surface area (TPSA) is 71.1 Å². The van der Waals surface area contributed by atoms with Crippen molar-refractivity contribution >= 4 is 11.9 Å². The molecule has 4 atom stereocenters. The lowest BCUT2D eigenvalue weighted by Gasteiger charge is -2.38. The highest BCUT2D eigenvalue weighted by atomic mass is 16.7. The fraction of sp³-hybridized carbons (Fsp3) is 0.846.